The Hall–Kier alpha value is -1.26. The van der Waals surface area contributed by atoms with E-state index in [-0.39, 0.29) is 11.9 Å². The number of halogens is 2. The highest BCUT2D eigenvalue weighted by Crippen LogP contribution is 2.18. The zero-order chi connectivity index (χ0) is 15.7. The predicted octanol–water partition coefficient (Wildman–Crippen LogP) is 3.85. The smallest absolute Gasteiger partial charge is 0.305 e. The Balaban J connectivity index is 2.20. The molecule has 1 rings (SSSR count). The summed E-state index contributed by atoms with van der Waals surface area (Å²) in [7, 11) is 0. The van der Waals surface area contributed by atoms with Crippen molar-refractivity contribution in [2.75, 3.05) is 13.2 Å². The highest BCUT2D eigenvalue weighted by atomic mass is 35.5. The van der Waals surface area contributed by atoms with Gasteiger partial charge in [0.15, 0.2) is 0 Å². The number of hydrogen-bond acceptors (Lipinski definition) is 3. The number of rotatable bonds is 8. The largest absolute Gasteiger partial charge is 0.466 e. The van der Waals surface area contributed by atoms with E-state index in [1.807, 2.05) is 0 Å². The molecule has 0 saturated heterocycles. The lowest BCUT2D eigenvalue weighted by Crippen LogP contribution is -2.24. The van der Waals surface area contributed by atoms with Crippen LogP contribution in [-0.2, 0) is 9.53 Å². The Morgan fingerprint density at radius 1 is 1.10 bits per heavy atom. The van der Waals surface area contributed by atoms with Crippen LogP contribution in [-0.4, -0.2) is 25.0 Å². The molecule has 0 radical (unpaired) electrons. The minimum atomic E-state index is -0.204. The topological polar surface area (TPSA) is 55.4 Å². The van der Waals surface area contributed by atoms with Gasteiger partial charge in [-0.15, -0.1) is 0 Å². The molecule has 0 aromatic heterocycles. The van der Waals surface area contributed by atoms with Crippen LogP contribution in [0.1, 0.15) is 43.0 Å². The molecule has 0 bridgehead atoms. The van der Waals surface area contributed by atoms with Crippen molar-refractivity contribution in [3.8, 4) is 0 Å². The Kier molecular flexibility index (Phi) is 8.16. The average molecular weight is 332 g/mol. The van der Waals surface area contributed by atoms with Gasteiger partial charge in [-0.1, -0.05) is 29.6 Å². The number of esters is 1. The molecule has 0 aliphatic heterocycles. The van der Waals surface area contributed by atoms with Gasteiger partial charge in [-0.05, 0) is 38.0 Å². The Morgan fingerprint density at radius 2 is 1.76 bits per heavy atom. The van der Waals surface area contributed by atoms with Crippen LogP contribution < -0.4 is 5.32 Å². The number of amides is 1. The molecular weight excluding hydrogens is 313 g/mol. The summed E-state index contributed by atoms with van der Waals surface area (Å²) in [6, 6.07) is 4.72. The lowest BCUT2D eigenvalue weighted by atomic mass is 10.2. The molecule has 116 valence electrons. The third kappa shape index (κ3) is 7.34. The monoisotopic (exact) mass is 331 g/mol. The van der Waals surface area contributed by atoms with Crippen molar-refractivity contribution in [2.45, 2.75) is 32.6 Å². The lowest BCUT2D eigenvalue weighted by Gasteiger charge is -2.06. The molecule has 1 aromatic rings. The van der Waals surface area contributed by atoms with Crippen molar-refractivity contribution in [2.24, 2.45) is 0 Å². The first-order valence-electron chi connectivity index (χ1n) is 6.93. The summed E-state index contributed by atoms with van der Waals surface area (Å²) < 4.78 is 4.83. The van der Waals surface area contributed by atoms with E-state index in [1.165, 1.54) is 0 Å². The summed E-state index contributed by atoms with van der Waals surface area (Å²) >= 11 is 11.7. The minimum Gasteiger partial charge on any atom is -0.466 e. The van der Waals surface area contributed by atoms with Gasteiger partial charge in [0.25, 0.3) is 5.91 Å². The maximum Gasteiger partial charge on any atom is 0.305 e. The van der Waals surface area contributed by atoms with Gasteiger partial charge in [-0.25, -0.2) is 0 Å². The summed E-state index contributed by atoms with van der Waals surface area (Å²) in [6.07, 6.45) is 2.85. The number of nitrogens with one attached hydrogen (secondary N) is 1. The molecule has 0 heterocycles. The van der Waals surface area contributed by atoms with E-state index < -0.39 is 0 Å². The SMILES string of the molecule is CCOC(=O)CCCCCNC(=O)c1cc(Cl)cc(Cl)c1. The minimum absolute atomic E-state index is 0.171. The fourth-order valence-corrected chi connectivity index (χ4v) is 2.32. The molecule has 1 amide bonds. The van der Waals surface area contributed by atoms with Gasteiger partial charge >= 0.3 is 5.97 Å². The molecule has 6 heteroatoms. The van der Waals surface area contributed by atoms with E-state index >= 15 is 0 Å². The van der Waals surface area contributed by atoms with Crippen LogP contribution in [0.25, 0.3) is 0 Å². The van der Waals surface area contributed by atoms with Gasteiger partial charge < -0.3 is 10.1 Å². The molecule has 0 spiro atoms. The normalized spacial score (nSPS) is 10.2. The van der Waals surface area contributed by atoms with Gasteiger partial charge in [-0.3, -0.25) is 9.59 Å². The quantitative estimate of drug-likeness (QED) is 0.581. The first-order chi connectivity index (χ1) is 10.0. The second-order valence-electron chi connectivity index (χ2n) is 4.53. The molecule has 21 heavy (non-hydrogen) atoms. The van der Waals surface area contributed by atoms with Gasteiger partial charge in [-0.2, -0.15) is 0 Å². The zero-order valence-corrected chi connectivity index (χ0v) is 13.5. The second-order valence-corrected chi connectivity index (χ2v) is 5.40. The number of carbonyl (C=O) groups excluding carboxylic acids is 2. The summed E-state index contributed by atoms with van der Waals surface area (Å²) in [5.74, 6) is -0.375. The molecular formula is C15H19Cl2NO3. The van der Waals surface area contributed by atoms with Crippen LogP contribution in [0.2, 0.25) is 10.0 Å². The van der Waals surface area contributed by atoms with Gasteiger partial charge in [0.05, 0.1) is 6.61 Å². The van der Waals surface area contributed by atoms with Crippen molar-refractivity contribution >= 4 is 35.1 Å². The molecule has 1 aromatic carbocycles. The molecule has 4 nitrogen and oxygen atoms in total. The summed E-state index contributed by atoms with van der Waals surface area (Å²) in [5.41, 5.74) is 0.444. The number of ether oxygens (including phenoxy) is 1. The van der Waals surface area contributed by atoms with E-state index in [0.29, 0.717) is 35.2 Å². The standard InChI is InChI=1S/C15H19Cl2NO3/c1-2-21-14(19)6-4-3-5-7-18-15(20)11-8-12(16)10-13(17)9-11/h8-10H,2-7H2,1H3,(H,18,20). The lowest BCUT2D eigenvalue weighted by molar-refractivity contribution is -0.143. The van der Waals surface area contributed by atoms with Crippen LogP contribution in [0.5, 0.6) is 0 Å². The molecule has 0 aliphatic carbocycles. The summed E-state index contributed by atoms with van der Waals surface area (Å²) in [6.45, 7) is 2.75. The van der Waals surface area contributed by atoms with Crippen molar-refractivity contribution < 1.29 is 14.3 Å². The van der Waals surface area contributed by atoms with E-state index in [2.05, 4.69) is 5.32 Å². The fraction of sp³-hybridized carbons (Fsp3) is 0.467. The van der Waals surface area contributed by atoms with E-state index in [9.17, 15) is 9.59 Å². The Labute approximate surface area is 134 Å². The summed E-state index contributed by atoms with van der Waals surface area (Å²) in [4.78, 5) is 23.0. The second kappa shape index (κ2) is 9.64. The van der Waals surface area contributed by atoms with Gasteiger partial charge in [0, 0.05) is 28.6 Å². The highest BCUT2D eigenvalue weighted by molar-refractivity contribution is 6.35. The van der Waals surface area contributed by atoms with Gasteiger partial charge in [0.2, 0.25) is 0 Å². The van der Waals surface area contributed by atoms with E-state index in [4.69, 9.17) is 27.9 Å². The van der Waals surface area contributed by atoms with E-state index in [0.717, 1.165) is 19.3 Å². The van der Waals surface area contributed by atoms with E-state index in [1.54, 1.807) is 25.1 Å². The van der Waals surface area contributed by atoms with Crippen molar-refractivity contribution in [1.82, 2.24) is 5.32 Å². The van der Waals surface area contributed by atoms with Crippen LogP contribution in [0.3, 0.4) is 0 Å². The molecule has 0 saturated carbocycles. The molecule has 0 unspecified atom stereocenters. The third-order valence-corrected chi connectivity index (χ3v) is 3.21. The molecule has 0 aliphatic rings. The fourth-order valence-electron chi connectivity index (χ4n) is 1.79. The van der Waals surface area contributed by atoms with Crippen LogP contribution in [0.4, 0.5) is 0 Å². The third-order valence-electron chi connectivity index (χ3n) is 2.77. The summed E-state index contributed by atoms with van der Waals surface area (Å²) in [5, 5.41) is 3.66. The van der Waals surface area contributed by atoms with Crippen molar-refractivity contribution in [3.63, 3.8) is 0 Å². The molecule has 1 N–H and O–H groups in total. The average Bonchev–Trinajstić information content (AvgIpc) is 2.41. The maximum absolute atomic E-state index is 11.9. The maximum atomic E-state index is 11.9. The van der Waals surface area contributed by atoms with Crippen molar-refractivity contribution in [3.05, 3.63) is 33.8 Å². The van der Waals surface area contributed by atoms with Crippen LogP contribution in [0.15, 0.2) is 18.2 Å². The zero-order valence-electron chi connectivity index (χ0n) is 12.0. The van der Waals surface area contributed by atoms with Crippen LogP contribution >= 0.6 is 23.2 Å². The van der Waals surface area contributed by atoms with Crippen LogP contribution in [0, 0.1) is 0 Å². The molecule has 0 atom stereocenters. The number of hydrogen-bond donors (Lipinski definition) is 1. The number of benzene rings is 1. The van der Waals surface area contributed by atoms with Crippen molar-refractivity contribution in [1.29, 1.82) is 0 Å². The number of carbonyl (C=O) groups is 2. The predicted molar refractivity (Wildman–Crippen MR) is 83.9 cm³/mol. The van der Waals surface area contributed by atoms with Gasteiger partial charge in [0.1, 0.15) is 0 Å². The first-order valence-corrected chi connectivity index (χ1v) is 7.68. The molecule has 0 fully saturated rings. The first kappa shape index (κ1) is 17.8. The number of unbranched alkanes of at least 4 members (excludes halogenated alkanes) is 2. The highest BCUT2D eigenvalue weighted by Gasteiger charge is 2.07. The Morgan fingerprint density at radius 3 is 2.38 bits per heavy atom. The Bertz CT molecular complexity index is 472.